The molecule has 0 aliphatic carbocycles. The molecule has 1 heterocycles. The third kappa shape index (κ3) is 2.71. The molecule has 0 saturated carbocycles. The summed E-state index contributed by atoms with van der Waals surface area (Å²) in [6.45, 7) is 2.69. The van der Waals surface area contributed by atoms with E-state index in [2.05, 4.69) is 5.10 Å². The summed E-state index contributed by atoms with van der Waals surface area (Å²) in [6, 6.07) is 7.16. The second kappa shape index (κ2) is 5.75. The van der Waals surface area contributed by atoms with E-state index < -0.39 is 6.10 Å². The lowest BCUT2D eigenvalue weighted by molar-refractivity contribution is 0.207. The fourth-order valence-electron chi connectivity index (χ4n) is 2.00. The molecule has 1 atom stereocenters. The predicted octanol–water partition coefficient (Wildman–Crippen LogP) is 2.00. The van der Waals surface area contributed by atoms with Crippen LogP contribution in [0.4, 0.5) is 0 Å². The van der Waals surface area contributed by atoms with Gasteiger partial charge in [-0.1, -0.05) is 0 Å². The summed E-state index contributed by atoms with van der Waals surface area (Å²) >= 11 is 0. The summed E-state index contributed by atoms with van der Waals surface area (Å²) in [7, 11) is 3.17. The Balaban J connectivity index is 2.40. The van der Waals surface area contributed by atoms with E-state index in [1.807, 2.05) is 6.92 Å². The van der Waals surface area contributed by atoms with Crippen molar-refractivity contribution >= 4 is 0 Å². The summed E-state index contributed by atoms with van der Waals surface area (Å²) in [4.78, 5) is 0. The lowest BCUT2D eigenvalue weighted by Crippen LogP contribution is -2.09. The van der Waals surface area contributed by atoms with Gasteiger partial charge in [0.1, 0.15) is 17.6 Å². The van der Waals surface area contributed by atoms with Gasteiger partial charge in [-0.15, -0.1) is 0 Å². The van der Waals surface area contributed by atoms with Crippen LogP contribution in [-0.4, -0.2) is 29.1 Å². The van der Waals surface area contributed by atoms with E-state index in [4.69, 9.17) is 9.47 Å². The Morgan fingerprint density at radius 2 is 1.84 bits per heavy atom. The van der Waals surface area contributed by atoms with E-state index in [0.29, 0.717) is 23.6 Å². The number of hydrogen-bond donors (Lipinski definition) is 1. The standard InChI is InChI=1S/C14H18N2O3/c1-4-16-13(5-6-15-16)14(17)10-7-11(18-2)9-12(8-10)19-3/h5-9,14,17H,4H2,1-3H3. The number of hydrogen-bond acceptors (Lipinski definition) is 4. The van der Waals surface area contributed by atoms with Gasteiger partial charge in [0.05, 0.1) is 19.9 Å². The van der Waals surface area contributed by atoms with E-state index in [-0.39, 0.29) is 0 Å². The molecule has 0 fully saturated rings. The monoisotopic (exact) mass is 262 g/mol. The molecule has 0 amide bonds. The highest BCUT2D eigenvalue weighted by Crippen LogP contribution is 2.29. The predicted molar refractivity (Wildman–Crippen MR) is 71.5 cm³/mol. The first kappa shape index (κ1) is 13.4. The second-order valence-electron chi connectivity index (χ2n) is 4.12. The fourth-order valence-corrected chi connectivity index (χ4v) is 2.00. The summed E-state index contributed by atoms with van der Waals surface area (Å²) in [5, 5.41) is 14.6. The van der Waals surface area contributed by atoms with Crippen LogP contribution >= 0.6 is 0 Å². The molecule has 1 N–H and O–H groups in total. The van der Waals surface area contributed by atoms with E-state index in [0.717, 1.165) is 5.69 Å². The summed E-state index contributed by atoms with van der Waals surface area (Å²) < 4.78 is 12.2. The van der Waals surface area contributed by atoms with Crippen molar-refractivity contribution in [2.75, 3.05) is 14.2 Å². The molecule has 19 heavy (non-hydrogen) atoms. The van der Waals surface area contributed by atoms with E-state index in [1.54, 1.807) is 49.4 Å². The van der Waals surface area contributed by atoms with E-state index >= 15 is 0 Å². The molecule has 1 unspecified atom stereocenters. The maximum atomic E-state index is 10.5. The molecule has 0 aliphatic rings. The van der Waals surface area contributed by atoms with Gasteiger partial charge >= 0.3 is 0 Å². The van der Waals surface area contributed by atoms with Gasteiger partial charge in [-0.25, -0.2) is 0 Å². The Bertz CT molecular complexity index is 529. The number of rotatable bonds is 5. The molecule has 5 heteroatoms. The first-order valence-electron chi connectivity index (χ1n) is 6.12. The number of aliphatic hydroxyl groups is 1. The number of aryl methyl sites for hydroxylation is 1. The van der Waals surface area contributed by atoms with Crippen LogP contribution in [0.25, 0.3) is 0 Å². The fraction of sp³-hybridized carbons (Fsp3) is 0.357. The Morgan fingerprint density at radius 1 is 1.21 bits per heavy atom. The maximum absolute atomic E-state index is 10.5. The van der Waals surface area contributed by atoms with Crippen LogP contribution in [0.15, 0.2) is 30.5 Å². The first-order valence-corrected chi connectivity index (χ1v) is 6.12. The Hall–Kier alpha value is -2.01. The third-order valence-corrected chi connectivity index (χ3v) is 3.02. The molecule has 2 aromatic rings. The van der Waals surface area contributed by atoms with Crippen molar-refractivity contribution in [1.82, 2.24) is 9.78 Å². The molecule has 5 nitrogen and oxygen atoms in total. The average Bonchev–Trinajstić information content (AvgIpc) is 2.94. The SMILES string of the molecule is CCn1nccc1C(O)c1cc(OC)cc(OC)c1. The molecule has 102 valence electrons. The van der Waals surface area contributed by atoms with Gasteiger partial charge in [0.15, 0.2) is 0 Å². The molecule has 0 radical (unpaired) electrons. The highest BCUT2D eigenvalue weighted by Gasteiger charge is 2.16. The van der Waals surface area contributed by atoms with E-state index in [1.165, 1.54) is 0 Å². The van der Waals surface area contributed by atoms with Gasteiger partial charge in [-0.3, -0.25) is 4.68 Å². The lowest BCUT2D eigenvalue weighted by atomic mass is 10.1. The van der Waals surface area contributed by atoms with Gasteiger partial charge in [0.2, 0.25) is 0 Å². The van der Waals surface area contributed by atoms with Crippen LogP contribution < -0.4 is 9.47 Å². The molecule has 0 saturated heterocycles. The lowest BCUT2D eigenvalue weighted by Gasteiger charge is -2.15. The zero-order valence-corrected chi connectivity index (χ0v) is 11.3. The smallest absolute Gasteiger partial charge is 0.122 e. The van der Waals surface area contributed by atoms with Crippen LogP contribution in [0.5, 0.6) is 11.5 Å². The molecular formula is C14H18N2O3. The zero-order chi connectivity index (χ0) is 13.8. The van der Waals surface area contributed by atoms with Crippen LogP contribution in [0.2, 0.25) is 0 Å². The zero-order valence-electron chi connectivity index (χ0n) is 11.3. The minimum absolute atomic E-state index is 0.649. The van der Waals surface area contributed by atoms with Crippen molar-refractivity contribution < 1.29 is 14.6 Å². The minimum atomic E-state index is -0.758. The highest BCUT2D eigenvalue weighted by molar-refractivity contribution is 5.41. The van der Waals surface area contributed by atoms with Crippen LogP contribution in [0.3, 0.4) is 0 Å². The van der Waals surface area contributed by atoms with Crippen LogP contribution in [0, 0.1) is 0 Å². The third-order valence-electron chi connectivity index (χ3n) is 3.02. The maximum Gasteiger partial charge on any atom is 0.122 e. The average molecular weight is 262 g/mol. The Labute approximate surface area is 112 Å². The van der Waals surface area contributed by atoms with Gasteiger partial charge in [0.25, 0.3) is 0 Å². The topological polar surface area (TPSA) is 56.5 Å². The van der Waals surface area contributed by atoms with Gasteiger partial charge in [-0.2, -0.15) is 5.10 Å². The van der Waals surface area contributed by atoms with Gasteiger partial charge in [-0.05, 0) is 30.7 Å². The van der Waals surface area contributed by atoms with Crippen molar-refractivity contribution in [3.8, 4) is 11.5 Å². The molecule has 0 aliphatic heterocycles. The largest absolute Gasteiger partial charge is 0.497 e. The van der Waals surface area contributed by atoms with E-state index in [9.17, 15) is 5.11 Å². The highest BCUT2D eigenvalue weighted by atomic mass is 16.5. The second-order valence-corrected chi connectivity index (χ2v) is 4.12. The first-order chi connectivity index (χ1) is 9.19. The van der Waals surface area contributed by atoms with Crippen molar-refractivity contribution in [2.45, 2.75) is 19.6 Å². The number of benzene rings is 1. The van der Waals surface area contributed by atoms with Gasteiger partial charge in [0, 0.05) is 18.8 Å². The summed E-state index contributed by atoms with van der Waals surface area (Å²) in [5.74, 6) is 1.30. The number of methoxy groups -OCH3 is 2. The molecule has 1 aromatic heterocycles. The normalized spacial score (nSPS) is 12.2. The number of nitrogens with zero attached hydrogens (tertiary/aromatic N) is 2. The van der Waals surface area contributed by atoms with Crippen molar-refractivity contribution in [2.24, 2.45) is 0 Å². The molecule has 0 spiro atoms. The number of aromatic nitrogens is 2. The molecule has 1 aromatic carbocycles. The van der Waals surface area contributed by atoms with Crippen LogP contribution in [-0.2, 0) is 6.54 Å². The molecule has 2 rings (SSSR count). The molecular weight excluding hydrogens is 244 g/mol. The van der Waals surface area contributed by atoms with Crippen molar-refractivity contribution in [3.63, 3.8) is 0 Å². The number of aliphatic hydroxyl groups excluding tert-OH is 1. The quantitative estimate of drug-likeness (QED) is 0.895. The Morgan fingerprint density at radius 3 is 2.37 bits per heavy atom. The Kier molecular flexibility index (Phi) is 4.06. The van der Waals surface area contributed by atoms with Gasteiger partial charge < -0.3 is 14.6 Å². The number of ether oxygens (including phenoxy) is 2. The molecule has 0 bridgehead atoms. The summed E-state index contributed by atoms with van der Waals surface area (Å²) in [6.07, 6.45) is 0.922. The van der Waals surface area contributed by atoms with Crippen molar-refractivity contribution in [3.05, 3.63) is 41.7 Å². The van der Waals surface area contributed by atoms with Crippen LogP contribution in [0.1, 0.15) is 24.3 Å². The summed E-state index contributed by atoms with van der Waals surface area (Å²) in [5.41, 5.74) is 1.46. The minimum Gasteiger partial charge on any atom is -0.497 e. The van der Waals surface area contributed by atoms with Crippen molar-refractivity contribution in [1.29, 1.82) is 0 Å².